The molecular weight excluding hydrogens is 271 g/mol. The summed E-state index contributed by atoms with van der Waals surface area (Å²) in [6.45, 7) is 0.152. The van der Waals surface area contributed by atoms with Gasteiger partial charge in [-0.1, -0.05) is 6.07 Å². The van der Waals surface area contributed by atoms with E-state index in [1.165, 1.54) is 6.07 Å². The number of halogens is 3. The van der Waals surface area contributed by atoms with Gasteiger partial charge in [0.25, 0.3) is 0 Å². The van der Waals surface area contributed by atoms with E-state index < -0.39 is 18.1 Å². The average molecular weight is 285 g/mol. The molecule has 2 unspecified atom stereocenters. The molecule has 1 saturated heterocycles. The number of hydrogen-bond acceptors (Lipinski definition) is 2. The number of alkyl halides is 3. The fourth-order valence-electron chi connectivity index (χ4n) is 3.43. The molecule has 3 nitrogen and oxygen atoms in total. The first-order chi connectivity index (χ1) is 9.38. The molecule has 0 spiro atoms. The molecule has 1 aromatic carbocycles. The third-order valence-electron chi connectivity index (χ3n) is 4.24. The monoisotopic (exact) mass is 285 g/mol. The van der Waals surface area contributed by atoms with Gasteiger partial charge in [-0.2, -0.15) is 13.2 Å². The minimum absolute atomic E-state index is 0.0999. The lowest BCUT2D eigenvalue weighted by atomic mass is 9.88. The van der Waals surface area contributed by atoms with Crippen molar-refractivity contribution in [2.24, 2.45) is 0 Å². The standard InChI is InChI=1S/C14H14F3NO2/c15-14(16,17)13(20)18-5-1-2-10-11-7-9(19)4-3-8(11)6-12(10)18/h3-4,7,10,12,19H,1-2,5-6H2. The molecule has 1 aliphatic carbocycles. The number of piperidine rings is 1. The molecule has 0 bridgehead atoms. The highest BCUT2D eigenvalue weighted by Gasteiger charge is 2.49. The number of phenolic OH excluding ortho intramolecular Hbond substituents is 1. The van der Waals surface area contributed by atoms with Crippen LogP contribution in [0.2, 0.25) is 0 Å². The van der Waals surface area contributed by atoms with Crippen LogP contribution in [0.5, 0.6) is 5.75 Å². The van der Waals surface area contributed by atoms with E-state index >= 15 is 0 Å². The molecule has 0 saturated carbocycles. The van der Waals surface area contributed by atoms with Crippen molar-refractivity contribution in [2.75, 3.05) is 6.54 Å². The summed E-state index contributed by atoms with van der Waals surface area (Å²) in [5.74, 6) is -1.73. The Balaban J connectivity index is 1.92. The maximum absolute atomic E-state index is 12.7. The molecule has 2 aliphatic rings. The minimum atomic E-state index is -4.82. The molecule has 6 heteroatoms. The third kappa shape index (κ3) is 2.03. The Hall–Kier alpha value is -1.72. The molecule has 1 heterocycles. The van der Waals surface area contributed by atoms with Crippen molar-refractivity contribution in [3.63, 3.8) is 0 Å². The number of likely N-dealkylation sites (tertiary alicyclic amines) is 1. The van der Waals surface area contributed by atoms with E-state index in [-0.39, 0.29) is 18.2 Å². The van der Waals surface area contributed by atoms with E-state index in [2.05, 4.69) is 0 Å². The number of fused-ring (bicyclic) bond motifs is 3. The predicted octanol–water partition coefficient (Wildman–Crippen LogP) is 2.59. The normalized spacial score (nSPS) is 25.2. The zero-order valence-electron chi connectivity index (χ0n) is 10.7. The number of rotatable bonds is 0. The molecular formula is C14H14F3NO2. The van der Waals surface area contributed by atoms with Crippen LogP contribution in [0.4, 0.5) is 13.2 Å². The van der Waals surface area contributed by atoms with Gasteiger partial charge in [0.15, 0.2) is 0 Å². The number of carbonyl (C=O) groups is 1. The van der Waals surface area contributed by atoms with Gasteiger partial charge in [-0.3, -0.25) is 4.79 Å². The van der Waals surface area contributed by atoms with Crippen LogP contribution in [0.25, 0.3) is 0 Å². The summed E-state index contributed by atoms with van der Waals surface area (Å²) in [5, 5.41) is 9.53. The van der Waals surface area contributed by atoms with Crippen molar-refractivity contribution in [1.29, 1.82) is 0 Å². The van der Waals surface area contributed by atoms with Crippen molar-refractivity contribution >= 4 is 5.91 Å². The second-order valence-corrected chi connectivity index (χ2v) is 5.40. The van der Waals surface area contributed by atoms with Crippen LogP contribution < -0.4 is 0 Å². The molecule has 0 aromatic heterocycles. The summed E-state index contributed by atoms with van der Waals surface area (Å²) in [4.78, 5) is 12.5. The first-order valence-electron chi connectivity index (χ1n) is 6.57. The van der Waals surface area contributed by atoms with E-state index in [0.717, 1.165) is 22.4 Å². The number of nitrogens with zero attached hydrogens (tertiary/aromatic N) is 1. The Kier molecular flexibility index (Phi) is 2.92. The summed E-state index contributed by atoms with van der Waals surface area (Å²) in [6.07, 6.45) is -3.08. The fourth-order valence-corrected chi connectivity index (χ4v) is 3.43. The molecule has 3 rings (SSSR count). The molecule has 1 N–H and O–H groups in total. The summed E-state index contributed by atoms with van der Waals surface area (Å²) < 4.78 is 38.0. The van der Waals surface area contributed by atoms with Gasteiger partial charge in [0.1, 0.15) is 5.75 Å². The first kappa shape index (κ1) is 13.3. The predicted molar refractivity (Wildman–Crippen MR) is 65.3 cm³/mol. The lowest BCUT2D eigenvalue weighted by Gasteiger charge is -2.38. The van der Waals surface area contributed by atoms with Gasteiger partial charge in [-0.25, -0.2) is 0 Å². The largest absolute Gasteiger partial charge is 0.508 e. The Morgan fingerprint density at radius 2 is 2.10 bits per heavy atom. The Morgan fingerprint density at radius 3 is 2.80 bits per heavy atom. The van der Waals surface area contributed by atoms with Gasteiger partial charge < -0.3 is 10.0 Å². The highest BCUT2D eigenvalue weighted by atomic mass is 19.4. The molecule has 1 aromatic rings. The number of aromatic hydroxyl groups is 1. The van der Waals surface area contributed by atoms with Crippen molar-refractivity contribution < 1.29 is 23.1 Å². The van der Waals surface area contributed by atoms with Gasteiger partial charge in [0.05, 0.1) is 0 Å². The van der Waals surface area contributed by atoms with E-state index in [9.17, 15) is 23.1 Å². The van der Waals surface area contributed by atoms with Crippen LogP contribution >= 0.6 is 0 Å². The highest BCUT2D eigenvalue weighted by molar-refractivity contribution is 5.82. The highest BCUT2D eigenvalue weighted by Crippen LogP contribution is 2.44. The lowest BCUT2D eigenvalue weighted by Crippen LogP contribution is -2.51. The summed E-state index contributed by atoms with van der Waals surface area (Å²) in [6, 6.07) is 4.45. The van der Waals surface area contributed by atoms with Crippen LogP contribution in [0.15, 0.2) is 18.2 Å². The van der Waals surface area contributed by atoms with Gasteiger partial charge >= 0.3 is 12.1 Å². The number of benzene rings is 1. The Morgan fingerprint density at radius 1 is 1.35 bits per heavy atom. The smallest absolute Gasteiger partial charge is 0.471 e. The van der Waals surface area contributed by atoms with Crippen LogP contribution in [0.1, 0.15) is 29.9 Å². The molecule has 1 amide bonds. The number of phenols is 1. The molecule has 1 fully saturated rings. The fraction of sp³-hybridized carbons (Fsp3) is 0.500. The zero-order chi connectivity index (χ0) is 14.5. The quantitative estimate of drug-likeness (QED) is 0.796. The minimum Gasteiger partial charge on any atom is -0.508 e. The topological polar surface area (TPSA) is 40.5 Å². The molecule has 108 valence electrons. The van der Waals surface area contributed by atoms with Crippen molar-refractivity contribution in [2.45, 2.75) is 37.4 Å². The van der Waals surface area contributed by atoms with E-state index in [1.54, 1.807) is 12.1 Å². The molecule has 0 radical (unpaired) electrons. The first-order valence-corrected chi connectivity index (χ1v) is 6.57. The Bertz CT molecular complexity index is 556. The van der Waals surface area contributed by atoms with Gasteiger partial charge in [0.2, 0.25) is 0 Å². The lowest BCUT2D eigenvalue weighted by molar-refractivity contribution is -0.189. The maximum Gasteiger partial charge on any atom is 0.471 e. The van der Waals surface area contributed by atoms with Gasteiger partial charge in [-0.05, 0) is 42.5 Å². The van der Waals surface area contributed by atoms with Crippen molar-refractivity contribution in [3.8, 4) is 5.75 Å². The van der Waals surface area contributed by atoms with Gasteiger partial charge in [-0.15, -0.1) is 0 Å². The number of amides is 1. The summed E-state index contributed by atoms with van der Waals surface area (Å²) in [7, 11) is 0. The van der Waals surface area contributed by atoms with Crippen LogP contribution in [-0.2, 0) is 11.2 Å². The van der Waals surface area contributed by atoms with E-state index in [0.29, 0.717) is 12.8 Å². The number of hydrogen-bond donors (Lipinski definition) is 1. The average Bonchev–Trinajstić information content (AvgIpc) is 2.74. The van der Waals surface area contributed by atoms with Crippen molar-refractivity contribution in [3.05, 3.63) is 29.3 Å². The molecule has 1 aliphatic heterocycles. The van der Waals surface area contributed by atoms with Crippen LogP contribution in [-0.4, -0.2) is 34.7 Å². The van der Waals surface area contributed by atoms with Crippen LogP contribution in [0, 0.1) is 0 Å². The molecule has 2 atom stereocenters. The van der Waals surface area contributed by atoms with Crippen molar-refractivity contribution in [1.82, 2.24) is 4.90 Å². The van der Waals surface area contributed by atoms with Crippen LogP contribution in [0.3, 0.4) is 0 Å². The zero-order valence-corrected chi connectivity index (χ0v) is 10.7. The Labute approximate surface area is 114 Å². The van der Waals surface area contributed by atoms with Gasteiger partial charge in [0, 0.05) is 18.5 Å². The SMILES string of the molecule is O=C(N1CCCC2c3cc(O)ccc3CC21)C(F)(F)F. The maximum atomic E-state index is 12.7. The second-order valence-electron chi connectivity index (χ2n) is 5.40. The number of carbonyl (C=O) groups excluding carboxylic acids is 1. The molecule has 20 heavy (non-hydrogen) atoms. The van der Waals surface area contributed by atoms with E-state index in [4.69, 9.17) is 0 Å². The summed E-state index contributed by atoms with van der Waals surface area (Å²) >= 11 is 0. The third-order valence-corrected chi connectivity index (χ3v) is 4.24. The van der Waals surface area contributed by atoms with E-state index in [1.807, 2.05) is 0 Å². The second kappa shape index (κ2) is 4.40. The summed E-state index contributed by atoms with van der Waals surface area (Å²) in [5.41, 5.74) is 1.81.